The van der Waals surface area contributed by atoms with Crippen LogP contribution in [0.3, 0.4) is 0 Å². The number of benzene rings is 2. The van der Waals surface area contributed by atoms with E-state index >= 15 is 0 Å². The summed E-state index contributed by atoms with van der Waals surface area (Å²) in [6.07, 6.45) is -0.117. The summed E-state index contributed by atoms with van der Waals surface area (Å²) in [5.41, 5.74) is 2.19. The van der Waals surface area contributed by atoms with Crippen LogP contribution in [-0.2, 0) is 38.1 Å². The van der Waals surface area contributed by atoms with E-state index in [9.17, 15) is 19.2 Å². The molecule has 1 aliphatic carbocycles. The molecule has 1 aliphatic heterocycles. The van der Waals surface area contributed by atoms with Crippen LogP contribution >= 0.6 is 0 Å². The lowest BCUT2D eigenvalue weighted by Gasteiger charge is -2.31. The highest BCUT2D eigenvalue weighted by molar-refractivity contribution is 5.96. The van der Waals surface area contributed by atoms with Crippen molar-refractivity contribution in [3.8, 4) is 17.2 Å². The van der Waals surface area contributed by atoms with Gasteiger partial charge in [-0.3, -0.25) is 19.2 Å². The highest BCUT2D eigenvalue weighted by Gasteiger charge is 2.53. The number of fused-ring (bicyclic) bond motifs is 2. The molecule has 214 valence electrons. The van der Waals surface area contributed by atoms with Crippen LogP contribution in [0.5, 0.6) is 17.2 Å². The second kappa shape index (κ2) is 12.3. The maximum atomic E-state index is 13.2. The molecule has 11 nitrogen and oxygen atoms in total. The van der Waals surface area contributed by atoms with E-state index in [1.165, 1.54) is 28.4 Å². The third kappa shape index (κ3) is 5.28. The van der Waals surface area contributed by atoms with Gasteiger partial charge in [0.1, 0.15) is 19.0 Å². The number of hydrogen-bond donors (Lipinski definition) is 0. The van der Waals surface area contributed by atoms with Crippen LogP contribution in [0.4, 0.5) is 0 Å². The van der Waals surface area contributed by atoms with Gasteiger partial charge in [-0.1, -0.05) is 12.1 Å². The molecular formula is C29H32O11. The summed E-state index contributed by atoms with van der Waals surface area (Å²) in [5.74, 6) is -6.44. The van der Waals surface area contributed by atoms with Gasteiger partial charge in [0.05, 0.1) is 35.5 Å². The lowest BCUT2D eigenvalue weighted by molar-refractivity contribution is -0.162. The average Bonchev–Trinajstić information content (AvgIpc) is 3.29. The van der Waals surface area contributed by atoms with E-state index in [1.54, 1.807) is 25.3 Å². The van der Waals surface area contributed by atoms with Crippen LogP contribution in [0.2, 0.25) is 0 Å². The SMILES string of the molecule is COC(=O)C(C[C@@H]1c2cc3c(cc2[C@@H](c2ccc(OC)cc2)[C@@H]1C(C(=O)OC)C(=O)OC)OCCO3)C(=O)OC. The van der Waals surface area contributed by atoms with Crippen LogP contribution in [0.15, 0.2) is 36.4 Å². The van der Waals surface area contributed by atoms with Gasteiger partial charge >= 0.3 is 23.9 Å². The molecule has 3 atom stereocenters. The van der Waals surface area contributed by atoms with Crippen LogP contribution in [-0.4, -0.2) is 72.6 Å². The number of rotatable bonds is 9. The number of hydrogen-bond acceptors (Lipinski definition) is 11. The lowest BCUT2D eigenvalue weighted by atomic mass is 9.72. The Morgan fingerprint density at radius 3 is 1.73 bits per heavy atom. The molecule has 11 heteroatoms. The summed E-state index contributed by atoms with van der Waals surface area (Å²) in [6, 6.07) is 10.8. The van der Waals surface area contributed by atoms with Gasteiger partial charge in [0.2, 0.25) is 0 Å². The fourth-order valence-corrected chi connectivity index (χ4v) is 5.77. The van der Waals surface area contributed by atoms with E-state index in [0.717, 1.165) is 11.1 Å². The minimum atomic E-state index is -1.39. The quantitative estimate of drug-likeness (QED) is 0.256. The maximum absolute atomic E-state index is 13.2. The van der Waals surface area contributed by atoms with E-state index < -0.39 is 53.5 Å². The molecule has 0 bridgehead atoms. The minimum absolute atomic E-state index is 0.117. The lowest BCUT2D eigenvalue weighted by Crippen LogP contribution is -2.39. The van der Waals surface area contributed by atoms with E-state index in [1.807, 2.05) is 18.2 Å². The Morgan fingerprint density at radius 1 is 0.750 bits per heavy atom. The molecule has 40 heavy (non-hydrogen) atoms. The number of ether oxygens (including phenoxy) is 7. The van der Waals surface area contributed by atoms with Crippen LogP contribution in [0.25, 0.3) is 0 Å². The summed E-state index contributed by atoms with van der Waals surface area (Å²) < 4.78 is 37.0. The smallest absolute Gasteiger partial charge is 0.320 e. The Bertz CT molecular complexity index is 1240. The Balaban J connectivity index is 1.98. The van der Waals surface area contributed by atoms with Crippen molar-refractivity contribution in [1.82, 2.24) is 0 Å². The molecule has 0 amide bonds. The van der Waals surface area contributed by atoms with E-state index in [-0.39, 0.29) is 6.42 Å². The van der Waals surface area contributed by atoms with Gasteiger partial charge in [-0.2, -0.15) is 0 Å². The molecule has 2 aromatic rings. The molecule has 2 aliphatic rings. The fraction of sp³-hybridized carbons (Fsp3) is 0.448. The summed E-state index contributed by atoms with van der Waals surface area (Å²) in [4.78, 5) is 52.0. The summed E-state index contributed by atoms with van der Waals surface area (Å²) in [7, 11) is 6.26. The number of esters is 4. The molecule has 0 radical (unpaired) electrons. The first-order valence-corrected chi connectivity index (χ1v) is 12.7. The normalized spacial score (nSPS) is 19.0. The van der Waals surface area contributed by atoms with Crippen molar-refractivity contribution in [2.45, 2.75) is 18.3 Å². The molecule has 0 unspecified atom stereocenters. The molecular weight excluding hydrogens is 524 g/mol. The van der Waals surface area contributed by atoms with Gasteiger partial charge in [-0.05, 0) is 53.3 Å². The van der Waals surface area contributed by atoms with Gasteiger partial charge in [0.25, 0.3) is 0 Å². The Morgan fingerprint density at radius 2 is 1.25 bits per heavy atom. The molecule has 2 aromatic carbocycles. The second-order valence-electron chi connectivity index (χ2n) is 9.42. The predicted molar refractivity (Wildman–Crippen MR) is 138 cm³/mol. The third-order valence-electron chi connectivity index (χ3n) is 7.56. The van der Waals surface area contributed by atoms with Gasteiger partial charge < -0.3 is 33.2 Å². The monoisotopic (exact) mass is 556 g/mol. The van der Waals surface area contributed by atoms with Crippen molar-refractivity contribution in [2.24, 2.45) is 17.8 Å². The van der Waals surface area contributed by atoms with E-state index in [0.29, 0.717) is 36.0 Å². The van der Waals surface area contributed by atoms with E-state index in [4.69, 9.17) is 33.2 Å². The van der Waals surface area contributed by atoms with Crippen LogP contribution in [0.1, 0.15) is 34.9 Å². The molecule has 0 aromatic heterocycles. The Kier molecular flexibility index (Phi) is 8.81. The zero-order chi connectivity index (χ0) is 29.0. The highest BCUT2D eigenvalue weighted by atomic mass is 16.6. The molecule has 0 fully saturated rings. The van der Waals surface area contributed by atoms with Gasteiger partial charge in [-0.25, -0.2) is 0 Å². The molecule has 4 rings (SSSR count). The van der Waals surface area contributed by atoms with Crippen molar-refractivity contribution < 1.29 is 52.3 Å². The van der Waals surface area contributed by atoms with Gasteiger partial charge in [0, 0.05) is 11.8 Å². The van der Waals surface area contributed by atoms with Gasteiger partial charge in [0.15, 0.2) is 23.3 Å². The number of methoxy groups -OCH3 is 5. The van der Waals surface area contributed by atoms with Crippen LogP contribution in [0, 0.1) is 17.8 Å². The number of carbonyl (C=O) groups excluding carboxylic acids is 4. The van der Waals surface area contributed by atoms with Crippen molar-refractivity contribution in [2.75, 3.05) is 48.8 Å². The van der Waals surface area contributed by atoms with Crippen molar-refractivity contribution in [3.05, 3.63) is 53.1 Å². The minimum Gasteiger partial charge on any atom is -0.497 e. The molecule has 0 saturated heterocycles. The van der Waals surface area contributed by atoms with Crippen molar-refractivity contribution >= 4 is 23.9 Å². The summed E-state index contributed by atoms with van der Waals surface area (Å²) >= 11 is 0. The zero-order valence-corrected chi connectivity index (χ0v) is 23.0. The first-order valence-electron chi connectivity index (χ1n) is 12.7. The third-order valence-corrected chi connectivity index (χ3v) is 7.56. The predicted octanol–water partition coefficient (Wildman–Crippen LogP) is 2.63. The zero-order valence-electron chi connectivity index (χ0n) is 23.0. The first-order chi connectivity index (χ1) is 19.3. The average molecular weight is 557 g/mol. The topological polar surface area (TPSA) is 133 Å². The number of carbonyl (C=O) groups is 4. The Hall–Kier alpha value is -4.28. The Labute approximate surface area is 231 Å². The molecule has 0 spiro atoms. The molecule has 1 heterocycles. The standard InChI is InChI=1S/C29H32O11/c1-34-16-8-6-15(7-9-16)23-19-14-22-21(39-10-11-40-22)13-17(19)18(12-20(26(30)35-2)27(31)36-3)24(23)25(28(32)37-4)29(33)38-5/h6-9,13-14,18,20,23-25H,10-12H2,1-5H3/t18-,23-,24-/m1/s1. The molecule has 0 saturated carbocycles. The summed E-state index contributed by atoms with van der Waals surface area (Å²) in [6.45, 7) is 0.688. The van der Waals surface area contributed by atoms with E-state index in [2.05, 4.69) is 0 Å². The van der Waals surface area contributed by atoms with Crippen molar-refractivity contribution in [1.29, 1.82) is 0 Å². The van der Waals surface area contributed by atoms with Crippen molar-refractivity contribution in [3.63, 3.8) is 0 Å². The largest absolute Gasteiger partial charge is 0.497 e. The van der Waals surface area contributed by atoms with Crippen LogP contribution < -0.4 is 14.2 Å². The van der Waals surface area contributed by atoms with Gasteiger partial charge in [-0.15, -0.1) is 0 Å². The highest BCUT2D eigenvalue weighted by Crippen LogP contribution is 2.57. The second-order valence-corrected chi connectivity index (χ2v) is 9.42. The summed E-state index contributed by atoms with van der Waals surface area (Å²) in [5, 5.41) is 0. The molecule has 0 N–H and O–H groups in total. The maximum Gasteiger partial charge on any atom is 0.320 e. The fourth-order valence-electron chi connectivity index (χ4n) is 5.77. The first kappa shape index (κ1) is 28.7.